The standard InChI is InChI=1S/C44H45N11O2/c1-26-16-37(56-6)35(33-12-13-47-39(26)33)24-54-21-30-10-8-28(19-45)41(42(30)50-54)48-14-15-53(5)23-32-18-34-36(38(57-7)17-27(2)40(34)49-32)25-55-22-31-11-9-29(20-46)44(52(3)4)43(31)51-55/h8-13,16-18,21-22,47-49H,14-15,23-25H2,1-7H3. The Bertz CT molecular complexity index is 2900. The molecule has 0 aliphatic carbocycles. The summed E-state index contributed by atoms with van der Waals surface area (Å²) in [6, 6.07) is 20.7. The lowest BCUT2D eigenvalue weighted by Gasteiger charge is -2.17. The monoisotopic (exact) mass is 759 g/mol. The summed E-state index contributed by atoms with van der Waals surface area (Å²) < 4.78 is 15.5. The van der Waals surface area contributed by atoms with Crippen molar-refractivity contribution in [3.63, 3.8) is 0 Å². The Morgan fingerprint density at radius 3 is 2.04 bits per heavy atom. The predicted molar refractivity (Wildman–Crippen MR) is 225 cm³/mol. The molecule has 0 radical (unpaired) electrons. The first-order valence-corrected chi connectivity index (χ1v) is 18.8. The van der Waals surface area contributed by atoms with Crippen molar-refractivity contribution in [1.29, 1.82) is 10.5 Å². The molecule has 4 heterocycles. The molecule has 8 rings (SSSR count). The van der Waals surface area contributed by atoms with Crippen molar-refractivity contribution in [2.75, 3.05) is 58.7 Å². The van der Waals surface area contributed by atoms with Crippen molar-refractivity contribution >= 4 is 55.0 Å². The fourth-order valence-electron chi connectivity index (χ4n) is 8.06. The molecule has 4 aromatic heterocycles. The number of fused-ring (bicyclic) bond motifs is 4. The summed E-state index contributed by atoms with van der Waals surface area (Å²) in [5, 5.41) is 37.4. The number of ether oxygens (including phenoxy) is 2. The van der Waals surface area contributed by atoms with Crippen molar-refractivity contribution < 1.29 is 9.47 Å². The van der Waals surface area contributed by atoms with Crippen molar-refractivity contribution in [3.8, 4) is 23.6 Å². The van der Waals surface area contributed by atoms with Crippen LogP contribution in [0.1, 0.15) is 39.1 Å². The maximum Gasteiger partial charge on any atom is 0.124 e. The van der Waals surface area contributed by atoms with Crippen LogP contribution in [0.2, 0.25) is 0 Å². The predicted octanol–water partition coefficient (Wildman–Crippen LogP) is 7.43. The van der Waals surface area contributed by atoms with Gasteiger partial charge in [-0.05, 0) is 80.6 Å². The van der Waals surface area contributed by atoms with Crippen LogP contribution in [0.3, 0.4) is 0 Å². The molecule has 0 aliphatic heterocycles. The van der Waals surface area contributed by atoms with E-state index < -0.39 is 0 Å². The van der Waals surface area contributed by atoms with Crippen LogP contribution in [0.15, 0.2) is 67.1 Å². The highest BCUT2D eigenvalue weighted by Gasteiger charge is 2.20. The molecule has 0 unspecified atom stereocenters. The van der Waals surface area contributed by atoms with Gasteiger partial charge in [-0.2, -0.15) is 20.7 Å². The number of nitriles is 2. The van der Waals surface area contributed by atoms with Gasteiger partial charge in [-0.15, -0.1) is 0 Å². The van der Waals surface area contributed by atoms with Crippen molar-refractivity contribution in [3.05, 3.63) is 106 Å². The molecule has 13 heteroatoms. The lowest BCUT2D eigenvalue weighted by molar-refractivity contribution is 0.336. The third-order valence-electron chi connectivity index (χ3n) is 10.8. The number of nitrogens with zero attached hydrogens (tertiary/aromatic N) is 8. The first kappa shape index (κ1) is 37.0. The van der Waals surface area contributed by atoms with E-state index in [0.717, 1.165) is 101 Å². The first-order chi connectivity index (χ1) is 27.6. The number of likely N-dealkylation sites (N-methyl/N-ethyl adjacent to an activating group) is 1. The molecule has 0 fully saturated rings. The Morgan fingerprint density at radius 2 is 1.39 bits per heavy atom. The molecule has 3 N–H and O–H groups in total. The summed E-state index contributed by atoms with van der Waals surface area (Å²) in [5.41, 5.74) is 11.7. The smallest absolute Gasteiger partial charge is 0.124 e. The average Bonchev–Trinajstić information content (AvgIpc) is 4.02. The molecule has 288 valence electrons. The van der Waals surface area contributed by atoms with E-state index >= 15 is 0 Å². The van der Waals surface area contributed by atoms with Gasteiger partial charge in [-0.25, -0.2) is 0 Å². The van der Waals surface area contributed by atoms with E-state index in [1.165, 1.54) is 0 Å². The number of aromatic nitrogens is 6. The van der Waals surface area contributed by atoms with Crippen LogP contribution in [0.25, 0.3) is 43.6 Å². The lowest BCUT2D eigenvalue weighted by Crippen LogP contribution is -2.25. The molecule has 0 amide bonds. The number of methoxy groups -OCH3 is 2. The number of hydrogen-bond acceptors (Lipinski definition) is 9. The molecule has 0 spiro atoms. The fraction of sp³-hybridized carbons (Fsp3) is 0.273. The van der Waals surface area contributed by atoms with Crippen LogP contribution in [-0.4, -0.2) is 82.9 Å². The van der Waals surface area contributed by atoms with E-state index in [4.69, 9.17) is 19.7 Å². The van der Waals surface area contributed by atoms with Gasteiger partial charge < -0.3 is 29.7 Å². The Labute approximate surface area is 330 Å². The van der Waals surface area contributed by atoms with Crippen LogP contribution in [0.4, 0.5) is 11.4 Å². The number of benzene rings is 4. The fourth-order valence-corrected chi connectivity index (χ4v) is 8.06. The topological polar surface area (TPSA) is 152 Å². The van der Waals surface area contributed by atoms with Crippen LogP contribution in [-0.2, 0) is 19.6 Å². The van der Waals surface area contributed by atoms with Gasteiger partial charge >= 0.3 is 0 Å². The second kappa shape index (κ2) is 14.9. The average molecular weight is 760 g/mol. The normalized spacial score (nSPS) is 11.5. The quantitative estimate of drug-likeness (QED) is 0.109. The van der Waals surface area contributed by atoms with Crippen LogP contribution in [0.5, 0.6) is 11.5 Å². The summed E-state index contributed by atoms with van der Waals surface area (Å²) in [4.78, 5) is 11.2. The van der Waals surface area contributed by atoms with Gasteiger partial charge in [0.1, 0.15) is 34.7 Å². The second-order valence-electron chi connectivity index (χ2n) is 14.9. The van der Waals surface area contributed by atoms with Crippen molar-refractivity contribution in [2.24, 2.45) is 0 Å². The van der Waals surface area contributed by atoms with E-state index in [1.807, 2.05) is 71.2 Å². The van der Waals surface area contributed by atoms with Gasteiger partial charge in [0, 0.05) is 102 Å². The molecular weight excluding hydrogens is 715 g/mol. The minimum atomic E-state index is 0.498. The number of hydrogen-bond donors (Lipinski definition) is 3. The highest BCUT2D eigenvalue weighted by atomic mass is 16.5. The summed E-state index contributed by atoms with van der Waals surface area (Å²) in [7, 11) is 9.35. The minimum Gasteiger partial charge on any atom is -0.496 e. The molecule has 0 saturated heterocycles. The first-order valence-electron chi connectivity index (χ1n) is 18.8. The SMILES string of the molecule is COc1cc(C)c2[nH]ccc2c1Cn1cc2ccc(C#N)c(NCCN(C)Cc3cc4c(Cn5cc6ccc(C#N)c(N(C)C)c6n5)c(OC)cc(C)c4[nH]3)c2n1. The van der Waals surface area contributed by atoms with Gasteiger partial charge in [0.15, 0.2) is 0 Å². The van der Waals surface area contributed by atoms with Gasteiger partial charge in [0.2, 0.25) is 0 Å². The van der Waals surface area contributed by atoms with Crippen molar-refractivity contribution in [2.45, 2.75) is 33.5 Å². The van der Waals surface area contributed by atoms with Crippen LogP contribution >= 0.6 is 0 Å². The van der Waals surface area contributed by atoms with E-state index in [1.54, 1.807) is 14.2 Å². The molecule has 8 aromatic rings. The summed E-state index contributed by atoms with van der Waals surface area (Å²) >= 11 is 0. The Hall–Kier alpha value is -6.96. The number of aryl methyl sites for hydroxylation is 2. The Kier molecular flexibility index (Phi) is 9.69. The van der Waals surface area contributed by atoms with E-state index in [-0.39, 0.29) is 0 Å². The molecule has 0 atom stereocenters. The molecule has 0 saturated carbocycles. The third kappa shape index (κ3) is 6.72. The van der Waals surface area contributed by atoms with Crippen LogP contribution in [0, 0.1) is 36.5 Å². The maximum absolute atomic E-state index is 10.1. The van der Waals surface area contributed by atoms with E-state index in [0.29, 0.717) is 37.3 Å². The zero-order chi connectivity index (χ0) is 40.0. The molecular formula is C44H45N11O2. The highest BCUT2D eigenvalue weighted by molar-refractivity contribution is 5.95. The largest absolute Gasteiger partial charge is 0.496 e. The van der Waals surface area contributed by atoms with Crippen LogP contribution < -0.4 is 19.7 Å². The van der Waals surface area contributed by atoms with Gasteiger partial charge in [0.25, 0.3) is 0 Å². The number of anilines is 2. The van der Waals surface area contributed by atoms with Crippen molar-refractivity contribution in [1.82, 2.24) is 34.4 Å². The molecule has 13 nitrogen and oxygen atoms in total. The van der Waals surface area contributed by atoms with E-state index in [9.17, 15) is 10.5 Å². The van der Waals surface area contributed by atoms with Gasteiger partial charge in [0.05, 0.1) is 49.8 Å². The number of nitrogens with one attached hydrogen (secondary N) is 3. The Morgan fingerprint density at radius 1 is 0.772 bits per heavy atom. The molecule has 0 aliphatic rings. The number of aromatic amines is 2. The summed E-state index contributed by atoms with van der Waals surface area (Å²) in [6.07, 6.45) is 5.99. The Balaban J connectivity index is 1.00. The summed E-state index contributed by atoms with van der Waals surface area (Å²) in [6.45, 7) is 7.19. The highest BCUT2D eigenvalue weighted by Crippen LogP contribution is 2.35. The maximum atomic E-state index is 10.1. The molecule has 57 heavy (non-hydrogen) atoms. The second-order valence-corrected chi connectivity index (χ2v) is 14.9. The molecule has 0 bridgehead atoms. The zero-order valence-corrected chi connectivity index (χ0v) is 33.3. The van der Waals surface area contributed by atoms with E-state index in [2.05, 4.69) is 77.5 Å². The van der Waals surface area contributed by atoms with Gasteiger partial charge in [-0.3, -0.25) is 14.3 Å². The number of H-pyrrole nitrogens is 2. The summed E-state index contributed by atoms with van der Waals surface area (Å²) in [5.74, 6) is 1.62. The minimum absolute atomic E-state index is 0.498. The third-order valence-corrected chi connectivity index (χ3v) is 10.8. The van der Waals surface area contributed by atoms with Gasteiger partial charge in [-0.1, -0.05) is 0 Å². The zero-order valence-electron chi connectivity index (χ0n) is 33.3. The lowest BCUT2D eigenvalue weighted by atomic mass is 10.0. The number of rotatable bonds is 13. The molecule has 4 aromatic carbocycles.